The van der Waals surface area contributed by atoms with Crippen LogP contribution in [0, 0.1) is 17.2 Å². The van der Waals surface area contributed by atoms with Gasteiger partial charge < -0.3 is 10.1 Å². The first-order chi connectivity index (χ1) is 7.06. The first-order valence-electron chi connectivity index (χ1n) is 4.22. The largest absolute Gasteiger partial charge is 0.466 e. The summed E-state index contributed by atoms with van der Waals surface area (Å²) in [7, 11) is 1.16. The van der Waals surface area contributed by atoms with Gasteiger partial charge in [-0.2, -0.15) is 15.5 Å². The number of azo groups is 1. The van der Waals surface area contributed by atoms with Crippen LogP contribution in [-0.4, -0.2) is 31.2 Å². The lowest BCUT2D eigenvalue weighted by Gasteiger charge is -2.24. The van der Waals surface area contributed by atoms with E-state index in [4.69, 9.17) is 5.26 Å². The highest BCUT2D eigenvalue weighted by Crippen LogP contribution is 2.27. The average Bonchev–Trinajstić information content (AvgIpc) is 2.59. The molecule has 0 saturated heterocycles. The number of hydrogen-bond acceptors (Lipinski definition) is 6. The van der Waals surface area contributed by atoms with Crippen molar-refractivity contribution in [1.29, 1.82) is 5.26 Å². The number of methoxy groups -OCH3 is 1. The highest BCUT2D eigenvalue weighted by molar-refractivity contribution is 5.87. The molecule has 0 unspecified atom stereocenters. The first-order valence-corrected chi connectivity index (χ1v) is 4.22. The molecule has 80 valence electrons. The maximum absolute atomic E-state index is 11.5. The highest BCUT2D eigenvalue weighted by Gasteiger charge is 2.52. The van der Waals surface area contributed by atoms with Gasteiger partial charge in [-0.05, 0) is 0 Å². The third-order valence-electron chi connectivity index (χ3n) is 2.02. The topological polar surface area (TPSA) is 104 Å². The predicted molar refractivity (Wildman–Crippen MR) is 47.4 cm³/mol. The maximum atomic E-state index is 11.5. The molecule has 0 aromatic rings. The molecule has 0 fully saturated rings. The van der Waals surface area contributed by atoms with Gasteiger partial charge in [-0.15, -0.1) is 0 Å². The summed E-state index contributed by atoms with van der Waals surface area (Å²) in [6, 6.07) is 1.87. The molecule has 7 nitrogen and oxygen atoms in total. The molecule has 1 rings (SSSR count). The second kappa shape index (κ2) is 4.04. The van der Waals surface area contributed by atoms with Crippen LogP contribution in [0.3, 0.4) is 0 Å². The van der Waals surface area contributed by atoms with E-state index in [2.05, 4.69) is 20.3 Å². The van der Waals surface area contributed by atoms with Crippen LogP contribution >= 0.6 is 0 Å². The molecule has 1 N–H and O–H groups in total. The Hall–Kier alpha value is -1.97. The number of nitrogens with one attached hydrogen (secondary N) is 1. The number of carbonyl (C=O) groups is 2. The highest BCUT2D eigenvalue weighted by atomic mass is 16.5. The van der Waals surface area contributed by atoms with Crippen molar-refractivity contribution in [2.75, 3.05) is 13.7 Å². The fourth-order valence-electron chi connectivity index (χ4n) is 1.34. The smallest absolute Gasteiger partial charge is 0.358 e. The van der Waals surface area contributed by atoms with Crippen molar-refractivity contribution in [1.82, 2.24) is 5.32 Å². The van der Waals surface area contributed by atoms with E-state index in [1.807, 2.05) is 6.07 Å². The van der Waals surface area contributed by atoms with Crippen molar-refractivity contribution < 1.29 is 14.3 Å². The van der Waals surface area contributed by atoms with Crippen molar-refractivity contribution in [2.45, 2.75) is 12.6 Å². The fraction of sp³-hybridized carbons (Fsp3) is 0.625. The van der Waals surface area contributed by atoms with Crippen LogP contribution in [-0.2, 0) is 14.3 Å². The van der Waals surface area contributed by atoms with Gasteiger partial charge in [0.15, 0.2) is 0 Å². The summed E-state index contributed by atoms with van der Waals surface area (Å²) in [5.74, 6) is -2.08. The van der Waals surface area contributed by atoms with Crippen molar-refractivity contribution in [3.63, 3.8) is 0 Å². The van der Waals surface area contributed by atoms with Crippen LogP contribution < -0.4 is 5.32 Å². The van der Waals surface area contributed by atoms with E-state index >= 15 is 0 Å². The summed E-state index contributed by atoms with van der Waals surface area (Å²) in [5.41, 5.74) is -1.67. The number of amides is 1. The minimum Gasteiger partial charge on any atom is -0.466 e. The number of ether oxygens (including phenoxy) is 1. The molecule has 0 saturated carbocycles. The van der Waals surface area contributed by atoms with Crippen LogP contribution in [0.5, 0.6) is 0 Å². The Morgan fingerprint density at radius 1 is 1.67 bits per heavy atom. The number of nitrogens with zero attached hydrogens (tertiary/aromatic N) is 3. The minimum absolute atomic E-state index is 0.0753. The molecule has 0 radical (unpaired) electrons. The number of rotatable bonds is 2. The second-order valence-electron chi connectivity index (χ2n) is 3.04. The molecule has 15 heavy (non-hydrogen) atoms. The Balaban J connectivity index is 3.06. The van der Waals surface area contributed by atoms with Crippen molar-refractivity contribution in [3.8, 4) is 6.07 Å². The molecule has 7 heteroatoms. The van der Waals surface area contributed by atoms with Gasteiger partial charge in [-0.25, -0.2) is 4.79 Å². The second-order valence-corrected chi connectivity index (χ2v) is 3.04. The monoisotopic (exact) mass is 210 g/mol. The molecule has 0 aliphatic carbocycles. The molecule has 1 aliphatic heterocycles. The number of esters is 1. The van der Waals surface area contributed by atoms with E-state index in [0.717, 1.165) is 7.11 Å². The van der Waals surface area contributed by atoms with Gasteiger partial charge in [0.05, 0.1) is 19.7 Å². The van der Waals surface area contributed by atoms with Gasteiger partial charge in [0.1, 0.15) is 5.92 Å². The summed E-state index contributed by atoms with van der Waals surface area (Å²) in [5, 5.41) is 18.4. The van der Waals surface area contributed by atoms with Crippen LogP contribution in [0.4, 0.5) is 0 Å². The Kier molecular flexibility index (Phi) is 2.99. The lowest BCUT2D eigenvalue weighted by molar-refractivity contribution is -0.151. The fourth-order valence-corrected chi connectivity index (χ4v) is 1.34. The summed E-state index contributed by atoms with van der Waals surface area (Å²) in [6.45, 7) is 1.30. The molecule has 1 amide bonds. The minimum atomic E-state index is -1.67. The zero-order valence-electron chi connectivity index (χ0n) is 8.35. The molecular weight excluding hydrogens is 200 g/mol. The summed E-state index contributed by atoms with van der Waals surface area (Å²) >= 11 is 0. The lowest BCUT2D eigenvalue weighted by atomic mass is 9.95. The molecule has 0 spiro atoms. The van der Waals surface area contributed by atoms with E-state index in [-0.39, 0.29) is 6.54 Å². The Morgan fingerprint density at radius 3 is 2.80 bits per heavy atom. The quantitative estimate of drug-likeness (QED) is 0.626. The van der Waals surface area contributed by atoms with Crippen LogP contribution in [0.15, 0.2) is 10.2 Å². The molecular formula is C8H10N4O3. The Morgan fingerprint density at radius 2 is 2.33 bits per heavy atom. The van der Waals surface area contributed by atoms with Crippen LogP contribution in [0.2, 0.25) is 0 Å². The third-order valence-corrected chi connectivity index (χ3v) is 2.02. The van der Waals surface area contributed by atoms with E-state index in [9.17, 15) is 9.59 Å². The summed E-state index contributed by atoms with van der Waals surface area (Å²) in [6.07, 6.45) is 0. The van der Waals surface area contributed by atoms with E-state index in [1.54, 1.807) is 0 Å². The number of nitriles is 1. The Labute approximate surface area is 86.1 Å². The van der Waals surface area contributed by atoms with E-state index in [1.165, 1.54) is 6.92 Å². The van der Waals surface area contributed by atoms with E-state index in [0.29, 0.717) is 0 Å². The van der Waals surface area contributed by atoms with Gasteiger partial charge >= 0.3 is 5.97 Å². The Bertz CT molecular complexity index is 359. The van der Waals surface area contributed by atoms with Gasteiger partial charge in [-0.1, -0.05) is 0 Å². The van der Waals surface area contributed by atoms with Gasteiger partial charge in [0.2, 0.25) is 5.91 Å². The maximum Gasteiger partial charge on any atom is 0.358 e. The SMILES string of the molecule is COC(=O)[C@]1(NC(C)=O)N=NC[C@@H]1C#N. The van der Waals surface area contributed by atoms with Crippen molar-refractivity contribution in [3.05, 3.63) is 0 Å². The molecule has 2 atom stereocenters. The van der Waals surface area contributed by atoms with Gasteiger partial charge in [0.25, 0.3) is 5.66 Å². The lowest BCUT2D eigenvalue weighted by Crippen LogP contribution is -2.56. The van der Waals surface area contributed by atoms with Crippen molar-refractivity contribution in [2.24, 2.45) is 16.1 Å². The number of hydrogen-bond donors (Lipinski definition) is 1. The average molecular weight is 210 g/mol. The standard InChI is InChI=1S/C8H10N4O3/c1-5(13)11-8(7(14)15-2)6(3-9)4-10-12-8/h6H,4H2,1-2H3,(H,11,13)/t6-,8+/m0/s1. The molecule has 1 heterocycles. The molecule has 0 aromatic carbocycles. The van der Waals surface area contributed by atoms with Gasteiger partial charge in [-0.3, -0.25) is 4.79 Å². The summed E-state index contributed by atoms with van der Waals surface area (Å²) < 4.78 is 4.51. The van der Waals surface area contributed by atoms with Gasteiger partial charge in [0, 0.05) is 6.92 Å². The normalized spacial score (nSPS) is 28.2. The van der Waals surface area contributed by atoms with Crippen LogP contribution in [0.1, 0.15) is 6.92 Å². The van der Waals surface area contributed by atoms with E-state index < -0.39 is 23.5 Å². The molecule has 1 aliphatic rings. The third kappa shape index (κ3) is 1.79. The summed E-state index contributed by atoms with van der Waals surface area (Å²) in [4.78, 5) is 22.5. The zero-order valence-corrected chi connectivity index (χ0v) is 8.35. The first kappa shape index (κ1) is 11.1. The molecule has 0 aromatic heterocycles. The van der Waals surface area contributed by atoms with Crippen LogP contribution in [0.25, 0.3) is 0 Å². The molecule has 0 bridgehead atoms. The van der Waals surface area contributed by atoms with Crippen molar-refractivity contribution >= 4 is 11.9 Å². The number of carbonyl (C=O) groups excluding carboxylic acids is 2. The predicted octanol–water partition coefficient (Wildman–Crippen LogP) is -0.403. The zero-order chi connectivity index (χ0) is 11.5.